The lowest BCUT2D eigenvalue weighted by Gasteiger charge is -2.46. The molecule has 0 atom stereocenters. The van der Waals surface area contributed by atoms with Crippen molar-refractivity contribution in [3.63, 3.8) is 0 Å². The van der Waals surface area contributed by atoms with Gasteiger partial charge in [0.2, 0.25) is 0 Å². The van der Waals surface area contributed by atoms with E-state index in [0.717, 1.165) is 0 Å². The summed E-state index contributed by atoms with van der Waals surface area (Å²) in [6, 6.07) is 0. The molecule has 0 N–H and O–H groups in total. The lowest BCUT2D eigenvalue weighted by atomic mass is 10.00. The van der Waals surface area contributed by atoms with Crippen LogP contribution in [0.5, 0.6) is 0 Å². The third-order valence-electron chi connectivity index (χ3n) is 1.98. The maximum atomic E-state index is 5.42. The summed E-state index contributed by atoms with van der Waals surface area (Å²) in [4.78, 5) is 0. The van der Waals surface area contributed by atoms with Crippen LogP contribution < -0.4 is 0 Å². The van der Waals surface area contributed by atoms with Gasteiger partial charge in [0.1, 0.15) is 0 Å². The van der Waals surface area contributed by atoms with E-state index in [4.69, 9.17) is 18.6 Å². The first kappa shape index (κ1) is 9.77. The zero-order chi connectivity index (χ0) is 11.1. The molecule has 15 heavy (non-hydrogen) atoms. The highest BCUT2D eigenvalue weighted by atomic mass is 16.9. The van der Waals surface area contributed by atoms with Crippen molar-refractivity contribution in [2.75, 3.05) is 0 Å². The van der Waals surface area contributed by atoms with Crippen molar-refractivity contribution >= 4 is 6.96 Å². The minimum absolute atomic E-state index is 0.446. The molecular formula is C10H12BO4-. The van der Waals surface area contributed by atoms with Crippen LogP contribution in [0.25, 0.3) is 0 Å². The molecule has 1 spiro atoms. The maximum absolute atomic E-state index is 5.42. The number of hydrogen-bond acceptors (Lipinski definition) is 4. The molecule has 2 heterocycles. The van der Waals surface area contributed by atoms with E-state index < -0.39 is 6.96 Å². The predicted octanol–water partition coefficient (Wildman–Crippen LogP) is 2.35. The Balaban J connectivity index is 2.30. The van der Waals surface area contributed by atoms with Crippen molar-refractivity contribution in [2.45, 2.75) is 13.8 Å². The third-order valence-corrected chi connectivity index (χ3v) is 1.98. The molecule has 0 saturated carbocycles. The van der Waals surface area contributed by atoms with Crippen LogP contribution in [-0.4, -0.2) is 6.96 Å². The Bertz CT molecular complexity index is 356. The van der Waals surface area contributed by atoms with Gasteiger partial charge in [0.25, 0.3) is 0 Å². The number of allylic oxidation sites excluding steroid dienone is 4. The first-order valence-corrected chi connectivity index (χ1v) is 4.62. The molecule has 0 unspecified atom stereocenters. The molecule has 0 aromatic rings. The normalized spacial score (nSPS) is 23.1. The molecule has 5 heteroatoms. The minimum Gasteiger partial charge on any atom is -0.614 e. The first-order chi connectivity index (χ1) is 6.99. The summed E-state index contributed by atoms with van der Waals surface area (Å²) in [5, 5.41) is 0. The Morgan fingerprint density at radius 1 is 0.867 bits per heavy atom. The molecule has 0 fully saturated rings. The highest BCUT2D eigenvalue weighted by molar-refractivity contribution is 6.55. The Kier molecular flexibility index (Phi) is 2.03. The predicted molar refractivity (Wildman–Crippen MR) is 55.9 cm³/mol. The van der Waals surface area contributed by atoms with Crippen LogP contribution in [0, 0.1) is 0 Å². The molecule has 0 amide bonds. The fourth-order valence-corrected chi connectivity index (χ4v) is 1.56. The van der Waals surface area contributed by atoms with Gasteiger partial charge in [0, 0.05) is 12.2 Å². The molecule has 0 aromatic carbocycles. The maximum Gasteiger partial charge on any atom is 0.776 e. The zero-order valence-corrected chi connectivity index (χ0v) is 8.78. The van der Waals surface area contributed by atoms with Gasteiger partial charge in [-0.05, 0) is 13.8 Å². The zero-order valence-electron chi connectivity index (χ0n) is 8.78. The summed E-state index contributed by atoms with van der Waals surface area (Å²) in [6.07, 6.45) is 3.33. The van der Waals surface area contributed by atoms with Crippen LogP contribution >= 0.6 is 0 Å². The third kappa shape index (κ3) is 1.86. The summed E-state index contributed by atoms with van der Waals surface area (Å²) in [5.74, 6) is 2.16. The van der Waals surface area contributed by atoms with E-state index in [0.29, 0.717) is 23.0 Å². The van der Waals surface area contributed by atoms with Gasteiger partial charge in [-0.25, -0.2) is 0 Å². The molecule has 2 aliphatic rings. The van der Waals surface area contributed by atoms with E-state index in [1.54, 1.807) is 26.0 Å². The average molecular weight is 207 g/mol. The summed E-state index contributed by atoms with van der Waals surface area (Å²) in [6.45, 7) is 8.64. The second kappa shape index (κ2) is 3.12. The SMILES string of the molecule is C=C1C=C(C)O[B-]2(O1)OC(=C)C=C(C)O2. The Labute approximate surface area is 88.5 Å². The van der Waals surface area contributed by atoms with Gasteiger partial charge >= 0.3 is 6.96 Å². The Morgan fingerprint density at radius 3 is 1.60 bits per heavy atom. The highest BCUT2D eigenvalue weighted by Gasteiger charge is 2.46. The number of hydrogen-bond donors (Lipinski definition) is 0. The fourth-order valence-electron chi connectivity index (χ4n) is 1.56. The minimum atomic E-state index is -2.30. The van der Waals surface area contributed by atoms with Crippen LogP contribution in [0.4, 0.5) is 0 Å². The van der Waals surface area contributed by atoms with Gasteiger partial charge < -0.3 is 18.6 Å². The van der Waals surface area contributed by atoms with Gasteiger partial charge in [0.15, 0.2) is 0 Å². The monoisotopic (exact) mass is 207 g/mol. The van der Waals surface area contributed by atoms with Crippen molar-refractivity contribution in [3.05, 3.63) is 48.3 Å². The number of rotatable bonds is 0. The molecule has 0 aromatic heterocycles. The molecule has 2 rings (SSSR count). The molecule has 2 aliphatic heterocycles. The van der Waals surface area contributed by atoms with Crippen LogP contribution in [0.2, 0.25) is 0 Å². The van der Waals surface area contributed by atoms with E-state index >= 15 is 0 Å². The molecule has 0 bridgehead atoms. The quantitative estimate of drug-likeness (QED) is 0.571. The Hall–Kier alpha value is -1.78. The van der Waals surface area contributed by atoms with E-state index in [2.05, 4.69) is 13.2 Å². The average Bonchev–Trinajstić information content (AvgIpc) is 1.96. The lowest BCUT2D eigenvalue weighted by molar-refractivity contribution is 0.0304. The molecule has 0 saturated heterocycles. The van der Waals surface area contributed by atoms with E-state index in [9.17, 15) is 0 Å². The van der Waals surface area contributed by atoms with Crippen LogP contribution in [0.15, 0.2) is 48.3 Å². The standard InChI is InChI=1S/C10H12BO4/c1-7-5-8(2)13-11(12-7)14-9(3)6-10(4)15-11/h5-6H,1,3H2,2,4H3/q-1. The van der Waals surface area contributed by atoms with Crippen LogP contribution in [0.1, 0.15) is 13.8 Å². The van der Waals surface area contributed by atoms with Gasteiger partial charge in [0.05, 0.1) is 23.0 Å². The van der Waals surface area contributed by atoms with Crippen LogP contribution in [0.3, 0.4) is 0 Å². The second-order valence-corrected chi connectivity index (χ2v) is 3.49. The Morgan fingerprint density at radius 2 is 1.27 bits per heavy atom. The molecule has 0 aliphatic carbocycles. The second-order valence-electron chi connectivity index (χ2n) is 3.49. The molecule has 4 nitrogen and oxygen atoms in total. The van der Waals surface area contributed by atoms with Gasteiger partial charge in [-0.1, -0.05) is 13.2 Å². The van der Waals surface area contributed by atoms with Crippen molar-refractivity contribution < 1.29 is 18.6 Å². The molecule has 0 radical (unpaired) electrons. The highest BCUT2D eigenvalue weighted by Crippen LogP contribution is 2.32. The summed E-state index contributed by atoms with van der Waals surface area (Å²) in [7, 11) is 0. The summed E-state index contributed by atoms with van der Waals surface area (Å²) < 4.78 is 21.5. The lowest BCUT2D eigenvalue weighted by Crippen LogP contribution is -2.50. The summed E-state index contributed by atoms with van der Waals surface area (Å²) in [5.41, 5.74) is 0. The summed E-state index contributed by atoms with van der Waals surface area (Å²) >= 11 is 0. The smallest absolute Gasteiger partial charge is 0.614 e. The van der Waals surface area contributed by atoms with Crippen molar-refractivity contribution in [2.24, 2.45) is 0 Å². The van der Waals surface area contributed by atoms with E-state index in [1.165, 1.54) is 0 Å². The van der Waals surface area contributed by atoms with E-state index in [1.807, 2.05) is 0 Å². The molecule has 80 valence electrons. The van der Waals surface area contributed by atoms with Crippen molar-refractivity contribution in [3.8, 4) is 0 Å². The fraction of sp³-hybridized carbons (Fsp3) is 0.200. The van der Waals surface area contributed by atoms with E-state index in [-0.39, 0.29) is 0 Å². The van der Waals surface area contributed by atoms with Crippen molar-refractivity contribution in [1.29, 1.82) is 0 Å². The topological polar surface area (TPSA) is 36.9 Å². The van der Waals surface area contributed by atoms with Gasteiger partial charge in [-0.2, -0.15) is 0 Å². The van der Waals surface area contributed by atoms with Crippen molar-refractivity contribution in [1.82, 2.24) is 0 Å². The first-order valence-electron chi connectivity index (χ1n) is 4.62. The van der Waals surface area contributed by atoms with Crippen LogP contribution in [-0.2, 0) is 18.6 Å². The molecular weight excluding hydrogens is 195 g/mol. The largest absolute Gasteiger partial charge is 0.776 e. The van der Waals surface area contributed by atoms with Gasteiger partial charge in [-0.3, -0.25) is 0 Å². The van der Waals surface area contributed by atoms with Gasteiger partial charge in [-0.15, -0.1) is 0 Å².